The fourth-order valence-corrected chi connectivity index (χ4v) is 4.54. The molecule has 3 heterocycles. The molecular weight excluding hydrogens is 355 g/mol. The van der Waals surface area contributed by atoms with Crippen LogP contribution in [0.3, 0.4) is 0 Å². The van der Waals surface area contributed by atoms with Crippen LogP contribution in [0.4, 0.5) is 4.39 Å². The van der Waals surface area contributed by atoms with Crippen molar-refractivity contribution in [2.24, 2.45) is 16.6 Å². The van der Waals surface area contributed by atoms with Crippen LogP contribution in [-0.2, 0) is 10.3 Å². The summed E-state index contributed by atoms with van der Waals surface area (Å²) in [4.78, 5) is 34.2. The number of likely N-dealkylation sites (tertiary alicyclic amines) is 1. The molecular formula is C18H17FN4O2S. The number of benzene rings is 1. The minimum absolute atomic E-state index is 0.149. The number of hydrogen-bond acceptors (Lipinski definition) is 5. The van der Waals surface area contributed by atoms with Crippen molar-refractivity contribution in [2.45, 2.75) is 5.54 Å². The Bertz CT molecular complexity index is 896. The van der Waals surface area contributed by atoms with Crippen molar-refractivity contribution in [1.29, 1.82) is 0 Å². The van der Waals surface area contributed by atoms with Gasteiger partial charge in [0.05, 0.1) is 12.5 Å². The second-order valence-corrected chi connectivity index (χ2v) is 7.46. The second-order valence-electron chi connectivity index (χ2n) is 6.51. The fraction of sp³-hybridized carbons (Fsp3) is 0.278. The van der Waals surface area contributed by atoms with Crippen LogP contribution in [0, 0.1) is 11.7 Å². The Morgan fingerprint density at radius 1 is 1.35 bits per heavy atom. The Labute approximate surface area is 153 Å². The summed E-state index contributed by atoms with van der Waals surface area (Å²) in [5.41, 5.74) is 5.50. The highest BCUT2D eigenvalue weighted by Crippen LogP contribution is 2.45. The number of carbonyl (C=O) groups is 2. The van der Waals surface area contributed by atoms with E-state index < -0.39 is 17.3 Å². The SMILES string of the molecule is CN1C(=O)C2CN(C(=O)c3ccc(F)cc3)CC2(c2cccs2)N=C1N. The smallest absolute Gasteiger partial charge is 0.253 e. The molecule has 0 radical (unpaired) electrons. The molecule has 6 nitrogen and oxygen atoms in total. The molecule has 2 N–H and O–H groups in total. The molecule has 8 heteroatoms. The lowest BCUT2D eigenvalue weighted by atomic mass is 9.84. The predicted octanol–water partition coefficient (Wildman–Crippen LogP) is 1.64. The third-order valence-electron chi connectivity index (χ3n) is 5.02. The Hall–Kier alpha value is -2.74. The van der Waals surface area contributed by atoms with Gasteiger partial charge in [0.25, 0.3) is 5.91 Å². The van der Waals surface area contributed by atoms with Gasteiger partial charge in [-0.15, -0.1) is 11.3 Å². The molecule has 0 spiro atoms. The summed E-state index contributed by atoms with van der Waals surface area (Å²) in [7, 11) is 1.59. The minimum Gasteiger partial charge on any atom is -0.369 e. The standard InChI is InChI=1S/C18H17FN4O2S/c1-22-16(25)13-9-23(15(24)11-4-6-12(19)7-5-11)10-18(13,21-17(22)20)14-3-2-8-26-14/h2-8,13H,9-10H2,1H3,(H2,20,21). The first kappa shape index (κ1) is 16.7. The fourth-order valence-electron chi connectivity index (χ4n) is 3.62. The highest BCUT2D eigenvalue weighted by molar-refractivity contribution is 7.10. The normalized spacial score (nSPS) is 25.2. The van der Waals surface area contributed by atoms with Gasteiger partial charge in [-0.1, -0.05) is 6.07 Å². The maximum absolute atomic E-state index is 13.1. The van der Waals surface area contributed by atoms with Gasteiger partial charge in [-0.05, 0) is 35.7 Å². The maximum atomic E-state index is 13.1. The number of nitrogens with zero attached hydrogens (tertiary/aromatic N) is 3. The molecule has 1 saturated heterocycles. The molecule has 134 valence electrons. The minimum atomic E-state index is -0.864. The van der Waals surface area contributed by atoms with Crippen LogP contribution in [0.25, 0.3) is 0 Å². The zero-order chi connectivity index (χ0) is 18.5. The predicted molar refractivity (Wildman–Crippen MR) is 96.2 cm³/mol. The molecule has 0 bridgehead atoms. The summed E-state index contributed by atoms with van der Waals surface area (Å²) >= 11 is 1.49. The molecule has 2 unspecified atom stereocenters. The lowest BCUT2D eigenvalue weighted by Crippen LogP contribution is -2.54. The summed E-state index contributed by atoms with van der Waals surface area (Å²) in [6.07, 6.45) is 0. The molecule has 1 fully saturated rings. The summed E-state index contributed by atoms with van der Waals surface area (Å²) in [5, 5.41) is 1.92. The Kier molecular flexibility index (Phi) is 3.80. The highest BCUT2D eigenvalue weighted by Gasteiger charge is 2.56. The summed E-state index contributed by atoms with van der Waals surface area (Å²) in [6.45, 7) is 0.503. The van der Waals surface area contributed by atoms with Crippen LogP contribution in [0.5, 0.6) is 0 Å². The third-order valence-corrected chi connectivity index (χ3v) is 6.06. The van der Waals surface area contributed by atoms with Crippen LogP contribution in [0.2, 0.25) is 0 Å². The van der Waals surface area contributed by atoms with Crippen LogP contribution in [0.15, 0.2) is 46.8 Å². The van der Waals surface area contributed by atoms with E-state index in [-0.39, 0.29) is 30.9 Å². The molecule has 26 heavy (non-hydrogen) atoms. The quantitative estimate of drug-likeness (QED) is 0.870. The number of rotatable bonds is 2. The molecule has 2 aliphatic heterocycles. The van der Waals surface area contributed by atoms with Gasteiger partial charge < -0.3 is 10.6 Å². The largest absolute Gasteiger partial charge is 0.369 e. The van der Waals surface area contributed by atoms with E-state index in [1.807, 2.05) is 17.5 Å². The number of nitrogens with two attached hydrogens (primary N) is 1. The zero-order valence-corrected chi connectivity index (χ0v) is 14.9. The summed E-state index contributed by atoms with van der Waals surface area (Å²) < 4.78 is 13.1. The van der Waals surface area contributed by atoms with Crippen LogP contribution < -0.4 is 5.73 Å². The first-order valence-corrected chi connectivity index (χ1v) is 9.02. The lowest BCUT2D eigenvalue weighted by Gasteiger charge is -2.36. The van der Waals surface area contributed by atoms with Crippen molar-refractivity contribution >= 4 is 29.1 Å². The number of guanidine groups is 1. The number of halogens is 1. The zero-order valence-electron chi connectivity index (χ0n) is 14.1. The first-order valence-electron chi connectivity index (χ1n) is 8.14. The van der Waals surface area contributed by atoms with Crippen molar-refractivity contribution in [3.05, 3.63) is 58.0 Å². The van der Waals surface area contributed by atoms with Gasteiger partial charge in [-0.25, -0.2) is 9.38 Å². The van der Waals surface area contributed by atoms with Crippen LogP contribution >= 0.6 is 11.3 Å². The molecule has 2 aliphatic rings. The van der Waals surface area contributed by atoms with E-state index in [0.717, 1.165) is 4.88 Å². The van der Waals surface area contributed by atoms with E-state index in [0.29, 0.717) is 5.56 Å². The lowest BCUT2D eigenvalue weighted by molar-refractivity contribution is -0.132. The third kappa shape index (κ3) is 2.40. The van der Waals surface area contributed by atoms with E-state index in [2.05, 4.69) is 4.99 Å². The average molecular weight is 372 g/mol. The molecule has 2 aromatic rings. The van der Waals surface area contributed by atoms with Gasteiger partial charge in [0.2, 0.25) is 5.91 Å². The Balaban J connectivity index is 1.74. The van der Waals surface area contributed by atoms with Crippen molar-refractivity contribution in [1.82, 2.24) is 9.80 Å². The highest BCUT2D eigenvalue weighted by atomic mass is 32.1. The van der Waals surface area contributed by atoms with E-state index in [4.69, 9.17) is 5.73 Å². The molecule has 2 amide bonds. The van der Waals surface area contributed by atoms with Crippen LogP contribution in [0.1, 0.15) is 15.2 Å². The second kappa shape index (κ2) is 5.91. The molecule has 0 aliphatic carbocycles. The molecule has 2 atom stereocenters. The number of hydrogen-bond donors (Lipinski definition) is 1. The Morgan fingerprint density at radius 2 is 2.08 bits per heavy atom. The van der Waals surface area contributed by atoms with Crippen molar-refractivity contribution in [2.75, 3.05) is 20.1 Å². The average Bonchev–Trinajstić information content (AvgIpc) is 3.28. The van der Waals surface area contributed by atoms with Crippen molar-refractivity contribution in [3.63, 3.8) is 0 Å². The molecule has 1 aromatic carbocycles. The van der Waals surface area contributed by atoms with E-state index in [9.17, 15) is 14.0 Å². The van der Waals surface area contributed by atoms with Gasteiger partial charge in [0.15, 0.2) is 5.96 Å². The van der Waals surface area contributed by atoms with Crippen molar-refractivity contribution in [3.8, 4) is 0 Å². The number of amides is 2. The maximum Gasteiger partial charge on any atom is 0.253 e. The topological polar surface area (TPSA) is 79.0 Å². The van der Waals surface area contributed by atoms with Gasteiger partial charge in [-0.2, -0.15) is 0 Å². The monoisotopic (exact) mass is 372 g/mol. The number of carbonyl (C=O) groups excluding carboxylic acids is 2. The van der Waals surface area contributed by atoms with Crippen LogP contribution in [-0.4, -0.2) is 47.7 Å². The molecule has 4 rings (SSSR count). The molecule has 0 saturated carbocycles. The van der Waals surface area contributed by atoms with Gasteiger partial charge >= 0.3 is 0 Å². The van der Waals surface area contributed by atoms with Gasteiger partial charge in [0.1, 0.15) is 11.4 Å². The van der Waals surface area contributed by atoms with E-state index in [1.165, 1.54) is 40.5 Å². The Morgan fingerprint density at radius 3 is 2.73 bits per heavy atom. The van der Waals surface area contributed by atoms with E-state index >= 15 is 0 Å². The number of aliphatic imine (C=N–C) groups is 1. The summed E-state index contributed by atoms with van der Waals surface area (Å²) in [5.74, 6) is -1.15. The van der Waals surface area contributed by atoms with E-state index in [1.54, 1.807) is 11.9 Å². The summed E-state index contributed by atoms with van der Waals surface area (Å²) in [6, 6.07) is 9.21. The van der Waals surface area contributed by atoms with Crippen molar-refractivity contribution < 1.29 is 14.0 Å². The molecule has 1 aromatic heterocycles. The number of thiophene rings is 1. The van der Waals surface area contributed by atoms with Gasteiger partial charge in [0, 0.05) is 24.0 Å². The number of fused-ring (bicyclic) bond motifs is 1. The van der Waals surface area contributed by atoms with Gasteiger partial charge in [-0.3, -0.25) is 14.5 Å². The first-order chi connectivity index (χ1) is 12.4.